The topological polar surface area (TPSA) is 314 Å². The van der Waals surface area contributed by atoms with Crippen molar-refractivity contribution in [2.45, 2.75) is 24.9 Å². The molecule has 0 aromatic carbocycles. The summed E-state index contributed by atoms with van der Waals surface area (Å²) in [6.45, 7) is -0.639. The fraction of sp³-hybridized carbons (Fsp3) is 0.556. The van der Waals surface area contributed by atoms with Gasteiger partial charge in [-0.1, -0.05) is 0 Å². The van der Waals surface area contributed by atoms with Crippen molar-refractivity contribution in [1.82, 2.24) is 9.55 Å². The molecule has 15 nitrogen and oxygen atoms in total. The second-order valence-corrected chi connectivity index (χ2v) is 5.35. The largest absolute Gasteiger partial charge is 1.00 e. The van der Waals surface area contributed by atoms with Crippen LogP contribution in [0.15, 0.2) is 21.9 Å². The molecule has 1 aromatic heterocycles. The number of aromatic nitrogens is 2. The Balaban J connectivity index is -0.000000157. The smallest absolute Gasteiger partial charge is 0.790 e. The third kappa shape index (κ3) is 12.6. The van der Waals surface area contributed by atoms with Gasteiger partial charge in [0.1, 0.15) is 12.3 Å². The van der Waals surface area contributed by atoms with E-state index in [0.717, 1.165) is 10.6 Å². The van der Waals surface area contributed by atoms with Gasteiger partial charge in [0.2, 0.25) is 0 Å². The van der Waals surface area contributed by atoms with Crippen molar-refractivity contribution in [3.63, 3.8) is 0 Å². The van der Waals surface area contributed by atoms with Crippen molar-refractivity contribution in [3.8, 4) is 0 Å². The minimum atomic E-state index is -5.16. The van der Waals surface area contributed by atoms with E-state index in [1.807, 2.05) is 4.98 Å². The number of phosphoric ester groups is 1. The van der Waals surface area contributed by atoms with Gasteiger partial charge in [-0.25, -0.2) is 4.79 Å². The number of ether oxygens (including phenoxy) is 1. The van der Waals surface area contributed by atoms with Crippen molar-refractivity contribution in [2.75, 3.05) is 6.61 Å². The molecule has 1 aliphatic rings. The second kappa shape index (κ2) is 17.4. The van der Waals surface area contributed by atoms with Crippen LogP contribution in [0.3, 0.4) is 0 Å². The summed E-state index contributed by atoms with van der Waals surface area (Å²) in [6.07, 6.45) is -1.88. The SMILES string of the molecule is O.O.O.O.O.O=c1ccn([C@H]2C[C@H](O)[C@@H](COP(=O)([O-])[O-])O2)c(=O)[nH]1.[Na+].[Na+]. The molecule has 2 rings (SSSR count). The predicted molar refractivity (Wildman–Crippen MR) is 77.5 cm³/mol. The number of hydrogen-bond donors (Lipinski definition) is 2. The first kappa shape index (κ1) is 41.8. The molecule has 1 aliphatic heterocycles. The summed E-state index contributed by atoms with van der Waals surface area (Å²) in [5.74, 6) is 0. The number of aliphatic hydroxyl groups is 1. The summed E-state index contributed by atoms with van der Waals surface area (Å²) in [6, 6.07) is 1.10. The summed E-state index contributed by atoms with van der Waals surface area (Å²) in [5.41, 5.74) is -1.31. The van der Waals surface area contributed by atoms with Crippen LogP contribution >= 0.6 is 7.82 Å². The summed E-state index contributed by atoms with van der Waals surface area (Å²) in [7, 11) is -5.16. The van der Waals surface area contributed by atoms with E-state index in [1.165, 1.54) is 6.20 Å². The first-order valence-corrected chi connectivity index (χ1v) is 7.04. The molecule has 27 heavy (non-hydrogen) atoms. The molecule has 1 fully saturated rings. The van der Waals surface area contributed by atoms with Gasteiger partial charge in [-0.15, -0.1) is 0 Å². The van der Waals surface area contributed by atoms with Crippen molar-refractivity contribution in [2.24, 2.45) is 0 Å². The molecular weight excluding hydrogens is 421 g/mol. The van der Waals surface area contributed by atoms with Gasteiger partial charge in [0.15, 0.2) is 0 Å². The molecule has 18 heteroatoms. The fourth-order valence-corrected chi connectivity index (χ4v) is 2.18. The average Bonchev–Trinajstić information content (AvgIpc) is 2.67. The maximum atomic E-state index is 11.5. The van der Waals surface area contributed by atoms with E-state index in [-0.39, 0.29) is 92.9 Å². The third-order valence-electron chi connectivity index (χ3n) is 2.76. The van der Waals surface area contributed by atoms with E-state index in [4.69, 9.17) is 4.74 Å². The molecule has 1 saturated heterocycles. The number of aromatic amines is 1. The number of nitrogens with zero attached hydrogens (tertiary/aromatic N) is 1. The number of aliphatic hydroxyl groups excluding tert-OH is 1. The number of H-pyrrole nitrogens is 1. The Labute approximate surface area is 196 Å². The van der Waals surface area contributed by atoms with Crippen LogP contribution in [0.4, 0.5) is 0 Å². The van der Waals surface area contributed by atoms with Gasteiger partial charge in [-0.05, 0) is 0 Å². The van der Waals surface area contributed by atoms with Gasteiger partial charge in [-0.2, -0.15) is 0 Å². The van der Waals surface area contributed by atoms with E-state index in [9.17, 15) is 29.0 Å². The van der Waals surface area contributed by atoms with Crippen LogP contribution in [0.25, 0.3) is 0 Å². The van der Waals surface area contributed by atoms with Crippen molar-refractivity contribution >= 4 is 7.82 Å². The van der Waals surface area contributed by atoms with Crippen molar-refractivity contribution in [3.05, 3.63) is 33.1 Å². The maximum Gasteiger partial charge on any atom is 1.00 e. The molecule has 12 N–H and O–H groups in total. The molecule has 1 aromatic rings. The molecule has 152 valence electrons. The first-order chi connectivity index (χ1) is 9.26. The van der Waals surface area contributed by atoms with E-state index in [2.05, 4.69) is 4.52 Å². The Morgan fingerprint density at radius 2 is 1.74 bits per heavy atom. The predicted octanol–water partition coefficient (Wildman–Crippen LogP) is -13.1. The molecular formula is C9H21N2Na2O13P. The number of rotatable bonds is 4. The van der Waals surface area contributed by atoms with Gasteiger partial charge in [-0.3, -0.25) is 14.3 Å². The monoisotopic (exact) mass is 442 g/mol. The molecule has 0 radical (unpaired) electrons. The molecule has 0 bridgehead atoms. The molecule has 3 atom stereocenters. The number of nitrogens with one attached hydrogen (secondary N) is 1. The second-order valence-electron chi connectivity index (χ2n) is 4.19. The Morgan fingerprint density at radius 3 is 2.19 bits per heavy atom. The normalized spacial score (nSPS) is 19.9. The van der Waals surface area contributed by atoms with Gasteiger partial charge in [0.05, 0.1) is 20.5 Å². The Bertz CT molecular complexity index is 649. The Hall–Kier alpha value is 0.510. The Kier molecular flexibility index (Phi) is 26.9. The van der Waals surface area contributed by atoms with Crippen molar-refractivity contribution in [1.29, 1.82) is 0 Å². The van der Waals surface area contributed by atoms with Crippen LogP contribution in [0.2, 0.25) is 0 Å². The molecule has 2 heterocycles. The van der Waals surface area contributed by atoms with E-state index in [0.29, 0.717) is 0 Å². The third-order valence-corrected chi connectivity index (χ3v) is 3.23. The van der Waals surface area contributed by atoms with Crippen LogP contribution in [-0.4, -0.2) is 60.9 Å². The van der Waals surface area contributed by atoms with Crippen LogP contribution in [0.1, 0.15) is 12.6 Å². The molecule has 0 aliphatic carbocycles. The molecule has 0 amide bonds. The zero-order valence-electron chi connectivity index (χ0n) is 14.5. The van der Waals surface area contributed by atoms with Crippen LogP contribution in [0, 0.1) is 0 Å². The number of phosphoric acid groups is 1. The molecule has 0 saturated carbocycles. The molecule has 0 unspecified atom stereocenters. The van der Waals surface area contributed by atoms with E-state index < -0.39 is 44.1 Å². The molecule has 0 spiro atoms. The van der Waals surface area contributed by atoms with Gasteiger partial charge in [0, 0.05) is 18.7 Å². The van der Waals surface area contributed by atoms with Gasteiger partial charge >= 0.3 is 64.8 Å². The zero-order chi connectivity index (χ0) is 14.9. The van der Waals surface area contributed by atoms with Crippen molar-refractivity contribution < 1.29 is 115 Å². The van der Waals surface area contributed by atoms with Gasteiger partial charge < -0.3 is 56.1 Å². The van der Waals surface area contributed by atoms with Crippen LogP contribution in [-0.2, 0) is 13.8 Å². The summed E-state index contributed by atoms with van der Waals surface area (Å²) in [4.78, 5) is 45.2. The Morgan fingerprint density at radius 1 is 1.22 bits per heavy atom. The standard InChI is InChI=1S/C9H13N2O8P.2Na.5H2O/c12-5-3-8(11-2-1-7(13)10-9(11)14)19-6(5)4-18-20(15,16)17;;;;;;;/h1-2,5-6,8,12H,3-4H2,(H,10,13,14)(H2,15,16,17);;;5*1H2/q;2*+1;;;;;/p-2/t5-,6+,8+;;;;;;;/m0......./s1. The minimum absolute atomic E-state index is 0. The minimum Gasteiger partial charge on any atom is -0.790 e. The average molecular weight is 442 g/mol. The summed E-state index contributed by atoms with van der Waals surface area (Å²) < 4.78 is 20.7. The number of hydrogen-bond acceptors (Lipinski definition) is 8. The summed E-state index contributed by atoms with van der Waals surface area (Å²) >= 11 is 0. The maximum absolute atomic E-state index is 11.5. The van der Waals surface area contributed by atoms with Crippen LogP contribution < -0.4 is 80.2 Å². The van der Waals surface area contributed by atoms with E-state index in [1.54, 1.807) is 0 Å². The summed E-state index contributed by atoms with van der Waals surface area (Å²) in [5, 5.41) is 9.68. The first-order valence-electron chi connectivity index (χ1n) is 5.58. The van der Waals surface area contributed by atoms with E-state index >= 15 is 0 Å². The fourth-order valence-electron chi connectivity index (χ4n) is 1.85. The van der Waals surface area contributed by atoms with Gasteiger partial charge in [0.25, 0.3) is 5.56 Å². The zero-order valence-corrected chi connectivity index (χ0v) is 19.4. The van der Waals surface area contributed by atoms with Crippen LogP contribution in [0.5, 0.6) is 0 Å². The quantitative estimate of drug-likeness (QED) is 0.332.